The van der Waals surface area contributed by atoms with E-state index in [1.807, 2.05) is 4.90 Å². The number of guanidine groups is 1. The smallest absolute Gasteiger partial charge is 0.251 e. The normalized spacial score (nSPS) is 20.6. The number of halogens is 2. The second-order valence-electron chi connectivity index (χ2n) is 8.06. The second kappa shape index (κ2) is 14.1. The molecule has 0 amide bonds. The zero-order valence-electron chi connectivity index (χ0n) is 17.6. The quantitative estimate of drug-likeness (QED) is 0.314. The molecule has 0 unspecified atom stereocenters. The Balaban J connectivity index is 1.56. The summed E-state index contributed by atoms with van der Waals surface area (Å²) in [6, 6.07) is 0.315. The first-order valence-electron chi connectivity index (χ1n) is 11.3. The number of piperidine rings is 1. The summed E-state index contributed by atoms with van der Waals surface area (Å²) in [6.07, 6.45) is 9.85. The van der Waals surface area contributed by atoms with Crippen molar-refractivity contribution < 1.29 is 13.5 Å². The summed E-state index contributed by atoms with van der Waals surface area (Å²) in [5.41, 5.74) is 0. The maximum atomic E-state index is 12.5. The van der Waals surface area contributed by atoms with E-state index in [4.69, 9.17) is 4.74 Å². The van der Waals surface area contributed by atoms with Crippen LogP contribution in [0.1, 0.15) is 71.1 Å². The van der Waals surface area contributed by atoms with Gasteiger partial charge in [-0.2, -0.15) is 0 Å². The number of aliphatic imine (C=N–C) groups is 1. The van der Waals surface area contributed by atoms with E-state index in [-0.39, 0.29) is 6.54 Å². The number of rotatable bonds is 11. The monoisotopic (exact) mass is 402 g/mol. The Hall–Kier alpha value is -0.950. The molecule has 1 saturated carbocycles. The zero-order valence-corrected chi connectivity index (χ0v) is 17.6. The van der Waals surface area contributed by atoms with E-state index in [2.05, 4.69) is 22.5 Å². The fourth-order valence-corrected chi connectivity index (χ4v) is 4.03. The van der Waals surface area contributed by atoms with Gasteiger partial charge in [0, 0.05) is 38.8 Å². The van der Waals surface area contributed by atoms with E-state index in [0.29, 0.717) is 12.1 Å². The van der Waals surface area contributed by atoms with E-state index in [0.717, 1.165) is 70.8 Å². The van der Waals surface area contributed by atoms with Gasteiger partial charge in [-0.25, -0.2) is 8.78 Å². The summed E-state index contributed by atoms with van der Waals surface area (Å²) in [6.45, 7) is 5.92. The van der Waals surface area contributed by atoms with Crippen molar-refractivity contribution in [1.82, 2.24) is 15.5 Å². The second-order valence-corrected chi connectivity index (χ2v) is 8.06. The van der Waals surface area contributed by atoms with E-state index in [1.165, 1.54) is 32.1 Å². The van der Waals surface area contributed by atoms with Crippen LogP contribution >= 0.6 is 0 Å². The van der Waals surface area contributed by atoms with Crippen molar-refractivity contribution in [3.05, 3.63) is 0 Å². The van der Waals surface area contributed by atoms with Crippen molar-refractivity contribution in [3.63, 3.8) is 0 Å². The third-order valence-corrected chi connectivity index (χ3v) is 5.65. The molecular weight excluding hydrogens is 362 g/mol. The fourth-order valence-electron chi connectivity index (χ4n) is 4.03. The first-order valence-corrected chi connectivity index (χ1v) is 11.3. The Kier molecular flexibility index (Phi) is 11.7. The van der Waals surface area contributed by atoms with Gasteiger partial charge in [-0.3, -0.25) is 9.89 Å². The number of unbranched alkanes of at least 4 members (excludes halogenated alkanes) is 2. The maximum Gasteiger partial charge on any atom is 0.251 e. The van der Waals surface area contributed by atoms with Gasteiger partial charge in [0.05, 0.1) is 12.6 Å². The minimum atomic E-state index is -2.24. The van der Waals surface area contributed by atoms with Crippen LogP contribution in [0.5, 0.6) is 0 Å². The predicted molar refractivity (Wildman–Crippen MR) is 111 cm³/mol. The van der Waals surface area contributed by atoms with E-state index in [1.54, 1.807) is 0 Å². The van der Waals surface area contributed by atoms with Gasteiger partial charge >= 0.3 is 0 Å². The molecule has 164 valence electrons. The molecule has 0 radical (unpaired) electrons. The summed E-state index contributed by atoms with van der Waals surface area (Å²) in [5, 5.41) is 6.77. The molecular formula is C21H40F2N4O. The SMILES string of the molecule is CCNC(=NCCCCCOC1CCCCC1)NC1CCN(CC(F)F)CC1. The standard InChI is InChI=1S/C21H40F2N4O/c1-2-24-21(26-18-11-14-27(15-12-18)17-20(22)23)25-13-7-4-8-16-28-19-9-5-3-6-10-19/h18-20H,2-17H2,1H3,(H2,24,25,26). The molecule has 1 aliphatic heterocycles. The molecule has 0 bridgehead atoms. The molecule has 0 aromatic heterocycles. The van der Waals surface area contributed by atoms with Gasteiger partial charge in [0.2, 0.25) is 0 Å². The Morgan fingerprint density at radius 3 is 2.50 bits per heavy atom. The van der Waals surface area contributed by atoms with Gasteiger partial charge < -0.3 is 15.4 Å². The average Bonchev–Trinajstić information content (AvgIpc) is 2.69. The summed E-state index contributed by atoms with van der Waals surface area (Å²) >= 11 is 0. The Morgan fingerprint density at radius 2 is 1.82 bits per heavy atom. The lowest BCUT2D eigenvalue weighted by atomic mass is 9.98. The number of ether oxygens (including phenoxy) is 1. The number of hydrogen-bond acceptors (Lipinski definition) is 3. The van der Waals surface area contributed by atoms with E-state index >= 15 is 0 Å². The van der Waals surface area contributed by atoms with Crippen LogP contribution in [-0.4, -0.2) is 68.8 Å². The number of nitrogens with zero attached hydrogens (tertiary/aromatic N) is 2. The van der Waals surface area contributed by atoms with Crippen LogP contribution in [0.25, 0.3) is 0 Å². The first-order chi connectivity index (χ1) is 13.7. The van der Waals surface area contributed by atoms with Gasteiger partial charge in [-0.05, 0) is 51.9 Å². The molecule has 0 atom stereocenters. The van der Waals surface area contributed by atoms with Crippen LogP contribution in [0.2, 0.25) is 0 Å². The summed E-state index contributed by atoms with van der Waals surface area (Å²) in [4.78, 5) is 6.53. The Labute approximate surface area is 169 Å². The molecule has 1 aliphatic carbocycles. The molecule has 5 nitrogen and oxygen atoms in total. The lowest BCUT2D eigenvalue weighted by Gasteiger charge is -2.32. The summed E-state index contributed by atoms with van der Waals surface area (Å²) < 4.78 is 30.9. The van der Waals surface area contributed by atoms with Crippen LogP contribution in [0.4, 0.5) is 8.78 Å². The fraction of sp³-hybridized carbons (Fsp3) is 0.952. The maximum absolute atomic E-state index is 12.5. The molecule has 2 N–H and O–H groups in total. The van der Waals surface area contributed by atoms with E-state index < -0.39 is 6.43 Å². The molecule has 1 saturated heterocycles. The third-order valence-electron chi connectivity index (χ3n) is 5.65. The van der Waals surface area contributed by atoms with Gasteiger partial charge in [-0.1, -0.05) is 19.3 Å². The van der Waals surface area contributed by atoms with Crippen LogP contribution in [0.3, 0.4) is 0 Å². The topological polar surface area (TPSA) is 48.9 Å². The minimum Gasteiger partial charge on any atom is -0.378 e. The highest BCUT2D eigenvalue weighted by Gasteiger charge is 2.21. The molecule has 7 heteroatoms. The van der Waals surface area contributed by atoms with Gasteiger partial charge in [0.25, 0.3) is 6.43 Å². The van der Waals surface area contributed by atoms with Gasteiger partial charge in [0.15, 0.2) is 5.96 Å². The number of nitrogens with one attached hydrogen (secondary N) is 2. The average molecular weight is 403 g/mol. The molecule has 2 rings (SSSR count). The van der Waals surface area contributed by atoms with Crippen LogP contribution in [0, 0.1) is 0 Å². The Morgan fingerprint density at radius 1 is 1.07 bits per heavy atom. The molecule has 2 fully saturated rings. The molecule has 1 heterocycles. The molecule has 0 spiro atoms. The highest BCUT2D eigenvalue weighted by Crippen LogP contribution is 2.20. The lowest BCUT2D eigenvalue weighted by molar-refractivity contribution is 0.0264. The zero-order chi connectivity index (χ0) is 20.0. The van der Waals surface area contributed by atoms with Gasteiger partial charge in [0.1, 0.15) is 0 Å². The van der Waals surface area contributed by atoms with Gasteiger partial charge in [-0.15, -0.1) is 0 Å². The number of hydrogen-bond donors (Lipinski definition) is 2. The van der Waals surface area contributed by atoms with Crippen molar-refractivity contribution in [2.75, 3.05) is 39.3 Å². The molecule has 2 aliphatic rings. The largest absolute Gasteiger partial charge is 0.378 e. The van der Waals surface area contributed by atoms with Crippen molar-refractivity contribution in [2.24, 2.45) is 4.99 Å². The summed E-state index contributed by atoms with van der Waals surface area (Å²) in [5.74, 6) is 0.855. The van der Waals surface area contributed by atoms with E-state index in [9.17, 15) is 8.78 Å². The number of likely N-dealkylation sites (tertiary alicyclic amines) is 1. The highest BCUT2D eigenvalue weighted by atomic mass is 19.3. The first kappa shape index (κ1) is 23.3. The molecule has 0 aromatic carbocycles. The van der Waals surface area contributed by atoms with Crippen molar-refractivity contribution in [1.29, 1.82) is 0 Å². The van der Waals surface area contributed by atoms with Crippen molar-refractivity contribution >= 4 is 5.96 Å². The van der Waals surface area contributed by atoms with Crippen molar-refractivity contribution in [3.8, 4) is 0 Å². The highest BCUT2D eigenvalue weighted by molar-refractivity contribution is 5.80. The molecule has 0 aromatic rings. The van der Waals surface area contributed by atoms with Crippen molar-refractivity contribution in [2.45, 2.75) is 89.7 Å². The predicted octanol–water partition coefficient (Wildman–Crippen LogP) is 3.79. The lowest BCUT2D eigenvalue weighted by Crippen LogP contribution is -2.49. The number of alkyl halides is 2. The van der Waals surface area contributed by atoms with Crippen LogP contribution < -0.4 is 10.6 Å². The van der Waals surface area contributed by atoms with Crippen LogP contribution in [-0.2, 0) is 4.74 Å². The van der Waals surface area contributed by atoms with Crippen LogP contribution in [0.15, 0.2) is 4.99 Å². The minimum absolute atomic E-state index is 0.106. The Bertz CT molecular complexity index is 423. The molecule has 28 heavy (non-hydrogen) atoms. The summed E-state index contributed by atoms with van der Waals surface area (Å²) in [7, 11) is 0. The third kappa shape index (κ3) is 10.0.